The van der Waals surface area contributed by atoms with Gasteiger partial charge in [0.25, 0.3) is 0 Å². The van der Waals surface area contributed by atoms with E-state index in [1.165, 1.54) is 94.9 Å². The summed E-state index contributed by atoms with van der Waals surface area (Å²) < 4.78 is 0. The summed E-state index contributed by atoms with van der Waals surface area (Å²) in [5.74, 6) is 0.208. The molecule has 8 aromatic carbocycles. The van der Waals surface area contributed by atoms with E-state index in [2.05, 4.69) is 248 Å². The largest absolute Gasteiger partial charge is 0.338 e. The normalized spacial score (nSPS) is 17.0. The third-order valence-electron chi connectivity index (χ3n) is 13.4. The van der Waals surface area contributed by atoms with Gasteiger partial charge in [0, 0.05) is 23.8 Å². The van der Waals surface area contributed by atoms with Gasteiger partial charge in [0.1, 0.15) is 0 Å². The first-order chi connectivity index (χ1) is 30.7. The zero-order valence-corrected chi connectivity index (χ0v) is 35.0. The summed E-state index contributed by atoms with van der Waals surface area (Å²) in [6.45, 7) is 2.90. The van der Waals surface area contributed by atoms with Crippen molar-refractivity contribution in [2.45, 2.75) is 24.7 Å². The summed E-state index contributed by atoms with van der Waals surface area (Å²) in [6, 6.07) is 78.0. The molecule has 296 valence electrons. The summed E-state index contributed by atoms with van der Waals surface area (Å²) >= 11 is 0. The lowest BCUT2D eigenvalue weighted by Gasteiger charge is -2.33. The molecule has 1 spiro atoms. The smallest absolute Gasteiger partial charge is 0.0723 e. The minimum atomic E-state index is -0.421. The Kier molecular flexibility index (Phi) is 9.59. The summed E-state index contributed by atoms with van der Waals surface area (Å²) in [5, 5.41) is 0. The van der Waals surface area contributed by atoms with E-state index < -0.39 is 5.41 Å². The monoisotopic (exact) mass is 793 g/mol. The van der Waals surface area contributed by atoms with Crippen LogP contribution in [0.3, 0.4) is 0 Å². The van der Waals surface area contributed by atoms with E-state index in [9.17, 15) is 0 Å². The van der Waals surface area contributed by atoms with Gasteiger partial charge in [-0.1, -0.05) is 218 Å². The fourth-order valence-electron chi connectivity index (χ4n) is 10.6. The van der Waals surface area contributed by atoms with Gasteiger partial charge in [-0.05, 0) is 115 Å². The van der Waals surface area contributed by atoms with Gasteiger partial charge < -0.3 is 4.90 Å². The Morgan fingerprint density at radius 2 is 1.00 bits per heavy atom. The number of fused-ring (bicyclic) bond motifs is 7. The maximum absolute atomic E-state index is 2.55. The zero-order chi connectivity index (χ0) is 41.5. The van der Waals surface area contributed by atoms with Crippen molar-refractivity contribution >= 4 is 16.8 Å². The van der Waals surface area contributed by atoms with Crippen LogP contribution in [0, 0.1) is 0 Å². The predicted octanol–water partition coefficient (Wildman–Crippen LogP) is 15.3. The molecule has 0 aliphatic heterocycles. The number of benzene rings is 8. The molecule has 0 amide bonds. The molecule has 0 unspecified atom stereocenters. The van der Waals surface area contributed by atoms with Gasteiger partial charge in [0.15, 0.2) is 0 Å². The van der Waals surface area contributed by atoms with E-state index in [1.54, 1.807) is 0 Å². The van der Waals surface area contributed by atoms with Crippen molar-refractivity contribution in [3.8, 4) is 33.4 Å². The van der Waals surface area contributed by atoms with Gasteiger partial charge in [-0.25, -0.2) is 0 Å². The van der Waals surface area contributed by atoms with Crippen molar-refractivity contribution < 1.29 is 0 Å². The molecule has 0 fully saturated rings. The molecular weight excluding hydrogens is 747 g/mol. The summed E-state index contributed by atoms with van der Waals surface area (Å²) in [4.78, 5) is 2.54. The molecule has 0 radical (unpaired) electrons. The lowest BCUT2D eigenvalue weighted by atomic mass is 9.70. The van der Waals surface area contributed by atoms with Crippen LogP contribution >= 0.6 is 0 Å². The van der Waals surface area contributed by atoms with E-state index in [0.29, 0.717) is 6.54 Å². The van der Waals surface area contributed by atoms with Gasteiger partial charge in [-0.2, -0.15) is 0 Å². The fraction of sp³-hybridized carbons (Fsp3) is 0.0820. The van der Waals surface area contributed by atoms with Gasteiger partial charge in [0.05, 0.1) is 5.41 Å². The molecule has 8 aromatic rings. The summed E-state index contributed by atoms with van der Waals surface area (Å²) in [5.41, 5.74) is 21.5. The first kappa shape index (κ1) is 37.5. The van der Waals surface area contributed by atoms with Crippen molar-refractivity contribution in [1.82, 2.24) is 0 Å². The Morgan fingerprint density at radius 3 is 1.61 bits per heavy atom. The van der Waals surface area contributed by atoms with Crippen molar-refractivity contribution in [1.29, 1.82) is 0 Å². The van der Waals surface area contributed by atoms with Crippen LogP contribution in [0.2, 0.25) is 0 Å². The molecule has 0 saturated heterocycles. The molecule has 0 N–H and O–H groups in total. The van der Waals surface area contributed by atoms with Crippen LogP contribution in [0.4, 0.5) is 5.69 Å². The van der Waals surface area contributed by atoms with Gasteiger partial charge in [0.2, 0.25) is 0 Å². The Balaban J connectivity index is 1.07. The van der Waals surface area contributed by atoms with Crippen LogP contribution in [0.15, 0.2) is 248 Å². The first-order valence-corrected chi connectivity index (χ1v) is 21.9. The van der Waals surface area contributed by atoms with Crippen molar-refractivity contribution in [2.75, 3.05) is 11.4 Å². The van der Waals surface area contributed by atoms with Crippen LogP contribution < -0.4 is 4.90 Å². The Hall–Kier alpha value is -7.48. The van der Waals surface area contributed by atoms with Crippen molar-refractivity contribution in [2.24, 2.45) is 0 Å². The van der Waals surface area contributed by atoms with E-state index in [4.69, 9.17) is 0 Å². The number of rotatable bonds is 8. The van der Waals surface area contributed by atoms with E-state index >= 15 is 0 Å². The summed E-state index contributed by atoms with van der Waals surface area (Å²) in [7, 11) is 0. The van der Waals surface area contributed by atoms with Crippen LogP contribution in [0.5, 0.6) is 0 Å². The van der Waals surface area contributed by atoms with E-state index in [1.807, 2.05) is 0 Å². The molecule has 11 rings (SSSR count). The topological polar surface area (TPSA) is 3.24 Å². The second-order valence-corrected chi connectivity index (χ2v) is 16.6. The molecule has 0 heterocycles. The van der Waals surface area contributed by atoms with Crippen LogP contribution in [0.25, 0.3) is 44.5 Å². The third kappa shape index (κ3) is 6.24. The van der Waals surface area contributed by atoms with E-state index in [-0.39, 0.29) is 5.92 Å². The number of anilines is 1. The average molecular weight is 794 g/mol. The molecule has 3 aliphatic carbocycles. The molecule has 1 nitrogen and oxygen atoms in total. The standard InChI is InChI=1S/C61H47N/c1-2-51-53-27-12-15-30-57(53)61(58-31-16-13-28-54(58)55-29-14-17-32-59(55)61)60(51)39-40-62(49-35-33-45(34-36-49)43-19-6-3-7-20-43)50-37-38-52(56(42-50)46-23-10-5-11-24-46)48-26-18-25-47(41-48)44-21-8-4-9-22-44/h2-37,39,41-42,52H,38,40H2,1H3/b51-2?,60-39+/t52-/m1/s1. The minimum Gasteiger partial charge on any atom is -0.338 e. The average Bonchev–Trinajstić information content (AvgIpc) is 3.81. The maximum Gasteiger partial charge on any atom is 0.0723 e. The lowest BCUT2D eigenvalue weighted by Crippen LogP contribution is -2.28. The number of hydrogen-bond donors (Lipinski definition) is 0. The molecule has 0 aromatic heterocycles. The van der Waals surface area contributed by atoms with Gasteiger partial charge >= 0.3 is 0 Å². The number of allylic oxidation sites excluding steroid dienone is 6. The summed E-state index contributed by atoms with van der Waals surface area (Å²) in [6.07, 6.45) is 10.7. The molecule has 0 bridgehead atoms. The van der Waals surface area contributed by atoms with E-state index in [0.717, 1.165) is 6.42 Å². The molecule has 1 atom stereocenters. The van der Waals surface area contributed by atoms with Crippen LogP contribution in [0.1, 0.15) is 52.6 Å². The predicted molar refractivity (Wildman–Crippen MR) is 261 cm³/mol. The quantitative estimate of drug-likeness (QED) is 0.148. The Bertz CT molecular complexity index is 3010. The SMILES string of the molecule is CC=C1/C(=C\CN(C2=CC[C@H](c3cccc(-c4ccccc4)c3)C(c3ccccc3)=C2)c2ccc(-c3ccccc3)cc2)C2(c3ccccc31)c1ccccc1-c1ccccc12. The second-order valence-electron chi connectivity index (χ2n) is 16.6. The Morgan fingerprint density at radius 1 is 0.500 bits per heavy atom. The molecule has 62 heavy (non-hydrogen) atoms. The highest BCUT2D eigenvalue weighted by atomic mass is 15.1. The zero-order valence-electron chi connectivity index (χ0n) is 35.0. The Labute approximate surface area is 366 Å². The van der Waals surface area contributed by atoms with Crippen LogP contribution in [-0.2, 0) is 5.41 Å². The highest BCUT2D eigenvalue weighted by Gasteiger charge is 2.53. The molecule has 0 saturated carbocycles. The molecule has 3 aliphatic rings. The number of hydrogen-bond acceptors (Lipinski definition) is 1. The lowest BCUT2D eigenvalue weighted by molar-refractivity contribution is 0.788. The molecule has 1 heteroatoms. The second kappa shape index (κ2) is 15.8. The van der Waals surface area contributed by atoms with Crippen LogP contribution in [-0.4, -0.2) is 6.54 Å². The van der Waals surface area contributed by atoms with Crippen molar-refractivity contribution in [3.05, 3.63) is 281 Å². The highest BCUT2D eigenvalue weighted by molar-refractivity contribution is 6.00. The number of nitrogens with zero attached hydrogens (tertiary/aromatic N) is 1. The highest BCUT2D eigenvalue weighted by Crippen LogP contribution is 2.63. The fourth-order valence-corrected chi connectivity index (χ4v) is 10.6. The third-order valence-corrected chi connectivity index (χ3v) is 13.4. The van der Waals surface area contributed by atoms with Gasteiger partial charge in [-0.3, -0.25) is 0 Å². The maximum atomic E-state index is 2.55. The first-order valence-electron chi connectivity index (χ1n) is 21.9. The molecular formula is C61H47N. The minimum absolute atomic E-state index is 0.208. The van der Waals surface area contributed by atoms with Gasteiger partial charge in [-0.15, -0.1) is 0 Å². The van der Waals surface area contributed by atoms with Crippen molar-refractivity contribution in [3.63, 3.8) is 0 Å².